The van der Waals surface area contributed by atoms with E-state index < -0.39 is 5.60 Å². The van der Waals surface area contributed by atoms with Gasteiger partial charge in [-0.3, -0.25) is 4.79 Å². The normalized spacial score (nSPS) is 30.3. The molecule has 2 saturated heterocycles. The summed E-state index contributed by atoms with van der Waals surface area (Å²) in [6.07, 6.45) is 3.73. The van der Waals surface area contributed by atoms with Crippen LogP contribution in [-0.4, -0.2) is 39.0 Å². The molecular formula is C14H23NO3S. The van der Waals surface area contributed by atoms with Gasteiger partial charge in [0.15, 0.2) is 5.12 Å². The van der Waals surface area contributed by atoms with Gasteiger partial charge in [-0.2, -0.15) is 0 Å². The van der Waals surface area contributed by atoms with Crippen molar-refractivity contribution in [1.29, 1.82) is 0 Å². The third-order valence-corrected chi connectivity index (χ3v) is 4.68. The Hall–Kier alpha value is -0.710. The second-order valence-electron chi connectivity index (χ2n) is 6.48. The number of hydrogen-bond donors (Lipinski definition) is 0. The van der Waals surface area contributed by atoms with Crippen molar-refractivity contribution in [3.63, 3.8) is 0 Å². The third kappa shape index (κ3) is 3.65. The van der Waals surface area contributed by atoms with Gasteiger partial charge in [-0.1, -0.05) is 11.8 Å². The topological polar surface area (TPSA) is 46.6 Å². The van der Waals surface area contributed by atoms with Crippen LogP contribution >= 0.6 is 11.8 Å². The minimum Gasteiger partial charge on any atom is -0.444 e. The maximum Gasteiger partial charge on any atom is 0.410 e. The predicted octanol–water partition coefficient (Wildman–Crippen LogP) is 3.20. The fourth-order valence-corrected chi connectivity index (χ4v) is 4.18. The van der Waals surface area contributed by atoms with Gasteiger partial charge < -0.3 is 9.64 Å². The van der Waals surface area contributed by atoms with Crippen molar-refractivity contribution in [2.75, 3.05) is 0 Å². The SMILES string of the molecule is CC(=O)S[C@H]1C[C@H]2CC[C@@H](C1)N2C(=O)OC(C)(C)C. The van der Waals surface area contributed by atoms with Crippen molar-refractivity contribution in [2.45, 2.75) is 76.3 Å². The van der Waals surface area contributed by atoms with E-state index in [1.807, 2.05) is 25.7 Å². The molecule has 2 aliphatic rings. The maximum absolute atomic E-state index is 12.2. The first-order chi connectivity index (χ1) is 8.76. The molecule has 2 heterocycles. The van der Waals surface area contributed by atoms with Crippen molar-refractivity contribution in [3.05, 3.63) is 0 Å². The Balaban J connectivity index is 1.99. The smallest absolute Gasteiger partial charge is 0.410 e. The molecule has 108 valence electrons. The molecule has 0 unspecified atom stereocenters. The molecule has 5 heteroatoms. The summed E-state index contributed by atoms with van der Waals surface area (Å²) in [6, 6.07) is 0.510. The molecule has 0 radical (unpaired) electrons. The number of rotatable bonds is 1. The first-order valence-corrected chi connectivity index (χ1v) is 7.83. The Bertz CT molecular complexity index is 363. The Morgan fingerprint density at radius 2 is 1.68 bits per heavy atom. The lowest BCUT2D eigenvalue weighted by atomic mass is 10.0. The summed E-state index contributed by atoms with van der Waals surface area (Å²) in [5.74, 6) is 0. The number of ether oxygens (including phenoxy) is 1. The zero-order chi connectivity index (χ0) is 14.2. The van der Waals surface area contributed by atoms with E-state index in [1.54, 1.807) is 6.92 Å². The first-order valence-electron chi connectivity index (χ1n) is 6.95. The Kier molecular flexibility index (Phi) is 4.14. The lowest BCUT2D eigenvalue weighted by Crippen LogP contribution is -2.49. The van der Waals surface area contributed by atoms with Crippen molar-refractivity contribution < 1.29 is 14.3 Å². The van der Waals surface area contributed by atoms with E-state index in [2.05, 4.69) is 0 Å². The molecule has 0 aromatic heterocycles. The molecule has 2 bridgehead atoms. The van der Waals surface area contributed by atoms with Gasteiger partial charge in [0.2, 0.25) is 0 Å². The van der Waals surface area contributed by atoms with Crippen LogP contribution in [0.1, 0.15) is 53.4 Å². The van der Waals surface area contributed by atoms with Crippen molar-refractivity contribution >= 4 is 23.0 Å². The quantitative estimate of drug-likeness (QED) is 0.742. The van der Waals surface area contributed by atoms with Gasteiger partial charge in [-0.25, -0.2) is 4.79 Å². The summed E-state index contributed by atoms with van der Waals surface area (Å²) in [5, 5.41) is 0.545. The van der Waals surface area contributed by atoms with Crippen LogP contribution in [0.2, 0.25) is 0 Å². The van der Waals surface area contributed by atoms with E-state index in [1.165, 1.54) is 11.8 Å². The molecule has 0 N–H and O–H groups in total. The fourth-order valence-electron chi connectivity index (χ4n) is 3.07. The minimum absolute atomic E-state index is 0.176. The average Bonchev–Trinajstić information content (AvgIpc) is 2.47. The summed E-state index contributed by atoms with van der Waals surface area (Å²) in [6.45, 7) is 7.30. The monoisotopic (exact) mass is 285 g/mol. The molecule has 4 nitrogen and oxygen atoms in total. The summed E-state index contributed by atoms with van der Waals surface area (Å²) in [7, 11) is 0. The maximum atomic E-state index is 12.2. The van der Waals surface area contributed by atoms with Gasteiger partial charge in [-0.05, 0) is 46.5 Å². The molecule has 19 heavy (non-hydrogen) atoms. The minimum atomic E-state index is -0.443. The van der Waals surface area contributed by atoms with Crippen LogP contribution in [0.5, 0.6) is 0 Å². The largest absolute Gasteiger partial charge is 0.444 e. The van der Waals surface area contributed by atoms with Crippen molar-refractivity contribution in [2.24, 2.45) is 0 Å². The van der Waals surface area contributed by atoms with Crippen LogP contribution < -0.4 is 0 Å². The zero-order valence-electron chi connectivity index (χ0n) is 12.1. The van der Waals surface area contributed by atoms with Crippen molar-refractivity contribution in [1.82, 2.24) is 4.90 Å². The standard InChI is InChI=1S/C14H23NO3S/c1-9(16)19-12-7-10-5-6-11(8-12)15(10)13(17)18-14(2,3)4/h10-12H,5-8H2,1-4H3/t10-,11+,12+. The Morgan fingerprint density at radius 3 is 2.11 bits per heavy atom. The number of nitrogens with zero attached hydrogens (tertiary/aromatic N) is 1. The Labute approximate surface area is 119 Å². The molecular weight excluding hydrogens is 262 g/mol. The molecule has 0 aromatic rings. The second kappa shape index (κ2) is 5.35. The van der Waals surface area contributed by atoms with Gasteiger partial charge in [0.05, 0.1) is 0 Å². The summed E-state index contributed by atoms with van der Waals surface area (Å²) in [4.78, 5) is 25.4. The lowest BCUT2D eigenvalue weighted by molar-refractivity contribution is -0.109. The van der Waals surface area contributed by atoms with Crippen molar-refractivity contribution in [3.8, 4) is 0 Å². The van der Waals surface area contributed by atoms with Crippen LogP contribution in [0, 0.1) is 0 Å². The first kappa shape index (κ1) is 14.7. The highest BCUT2D eigenvalue weighted by Crippen LogP contribution is 2.41. The molecule has 1 amide bonds. The molecule has 0 aromatic carbocycles. The number of hydrogen-bond acceptors (Lipinski definition) is 4. The number of carbonyl (C=O) groups excluding carboxylic acids is 2. The van der Waals surface area contributed by atoms with Crippen LogP contribution in [0.4, 0.5) is 4.79 Å². The summed E-state index contributed by atoms with van der Waals surface area (Å²) < 4.78 is 5.49. The summed E-state index contributed by atoms with van der Waals surface area (Å²) in [5.41, 5.74) is -0.443. The molecule has 3 atom stereocenters. The van der Waals surface area contributed by atoms with Crippen LogP contribution in [0.15, 0.2) is 0 Å². The average molecular weight is 285 g/mol. The number of fused-ring (bicyclic) bond motifs is 2. The van der Waals surface area contributed by atoms with Gasteiger partial charge in [0, 0.05) is 24.3 Å². The highest BCUT2D eigenvalue weighted by atomic mass is 32.2. The molecule has 0 saturated carbocycles. The molecule has 2 aliphatic heterocycles. The number of thioether (sulfide) groups is 1. The molecule has 2 fully saturated rings. The van der Waals surface area contributed by atoms with Crippen LogP contribution in [0.25, 0.3) is 0 Å². The fraction of sp³-hybridized carbons (Fsp3) is 0.857. The summed E-state index contributed by atoms with van der Waals surface area (Å²) >= 11 is 1.43. The van der Waals surface area contributed by atoms with Gasteiger partial charge in [-0.15, -0.1) is 0 Å². The van der Waals surface area contributed by atoms with E-state index in [0.29, 0.717) is 5.25 Å². The number of piperidine rings is 1. The highest BCUT2D eigenvalue weighted by molar-refractivity contribution is 8.14. The zero-order valence-corrected chi connectivity index (χ0v) is 13.0. The predicted molar refractivity (Wildman–Crippen MR) is 76.2 cm³/mol. The molecule has 0 aliphatic carbocycles. The van der Waals surface area contributed by atoms with E-state index in [4.69, 9.17) is 4.74 Å². The van der Waals surface area contributed by atoms with E-state index in [-0.39, 0.29) is 23.3 Å². The van der Waals surface area contributed by atoms with Crippen LogP contribution in [-0.2, 0) is 9.53 Å². The van der Waals surface area contributed by atoms with Gasteiger partial charge in [0.25, 0.3) is 0 Å². The number of amides is 1. The van der Waals surface area contributed by atoms with Gasteiger partial charge >= 0.3 is 6.09 Å². The van der Waals surface area contributed by atoms with Crippen LogP contribution in [0.3, 0.4) is 0 Å². The lowest BCUT2D eigenvalue weighted by Gasteiger charge is -2.39. The third-order valence-electron chi connectivity index (χ3n) is 3.63. The van der Waals surface area contributed by atoms with E-state index in [0.717, 1.165) is 25.7 Å². The number of carbonyl (C=O) groups is 2. The van der Waals surface area contributed by atoms with Gasteiger partial charge in [0.1, 0.15) is 5.60 Å². The van der Waals surface area contributed by atoms with E-state index >= 15 is 0 Å². The Morgan fingerprint density at radius 1 is 1.16 bits per heavy atom. The second-order valence-corrected chi connectivity index (χ2v) is 7.95. The molecule has 0 spiro atoms. The van der Waals surface area contributed by atoms with E-state index in [9.17, 15) is 9.59 Å². The molecule has 2 rings (SSSR count). The highest BCUT2D eigenvalue weighted by Gasteiger charge is 2.45.